The first-order valence-corrected chi connectivity index (χ1v) is 8.80. The van der Waals surface area contributed by atoms with Gasteiger partial charge < -0.3 is 10.2 Å². The molecule has 6 nitrogen and oxygen atoms in total. The van der Waals surface area contributed by atoms with E-state index in [9.17, 15) is 4.79 Å². The molecular formula is C20H25N5O. The summed E-state index contributed by atoms with van der Waals surface area (Å²) < 4.78 is 1.74. The van der Waals surface area contributed by atoms with E-state index in [1.54, 1.807) is 4.68 Å². The normalized spacial score (nSPS) is 11.3. The van der Waals surface area contributed by atoms with Crippen LogP contribution in [-0.2, 0) is 7.05 Å². The fourth-order valence-electron chi connectivity index (χ4n) is 3.07. The fraction of sp³-hybridized carbons (Fsp3) is 0.350. The molecule has 0 spiro atoms. The van der Waals surface area contributed by atoms with Gasteiger partial charge in [-0.05, 0) is 40.1 Å². The molecular weight excluding hydrogens is 326 g/mol. The maximum atomic E-state index is 12.9. The van der Waals surface area contributed by atoms with Crippen molar-refractivity contribution in [3.05, 3.63) is 47.7 Å². The fourth-order valence-corrected chi connectivity index (χ4v) is 3.07. The number of fused-ring (bicyclic) bond motifs is 1. The maximum Gasteiger partial charge on any atom is 0.252 e. The van der Waals surface area contributed by atoms with E-state index < -0.39 is 0 Å². The minimum Gasteiger partial charge on any atom is -0.352 e. The van der Waals surface area contributed by atoms with Crippen LogP contribution in [-0.4, -0.2) is 52.8 Å². The van der Waals surface area contributed by atoms with Crippen LogP contribution >= 0.6 is 0 Å². The monoisotopic (exact) mass is 351 g/mol. The lowest BCUT2D eigenvalue weighted by Crippen LogP contribution is -2.27. The average Bonchev–Trinajstić information content (AvgIpc) is 2.92. The Morgan fingerprint density at radius 3 is 2.65 bits per heavy atom. The lowest BCUT2D eigenvalue weighted by atomic mass is 10.0. The molecule has 3 rings (SSSR count). The van der Waals surface area contributed by atoms with Gasteiger partial charge in [0, 0.05) is 19.2 Å². The van der Waals surface area contributed by atoms with Crippen LogP contribution in [0, 0.1) is 6.92 Å². The number of nitrogens with zero attached hydrogens (tertiary/aromatic N) is 4. The molecule has 0 bridgehead atoms. The zero-order valence-corrected chi connectivity index (χ0v) is 15.8. The third kappa shape index (κ3) is 3.75. The topological polar surface area (TPSA) is 63.1 Å². The van der Waals surface area contributed by atoms with E-state index in [1.807, 2.05) is 64.5 Å². The second-order valence-corrected chi connectivity index (χ2v) is 6.74. The SMILES string of the molecule is Cc1nn(C)c2nc(-c3ccccc3)cc(C(=O)NCCCN(C)C)c12. The Hall–Kier alpha value is -2.73. The van der Waals surface area contributed by atoms with Crippen LogP contribution in [0.1, 0.15) is 22.5 Å². The summed E-state index contributed by atoms with van der Waals surface area (Å²) >= 11 is 0. The molecule has 0 saturated heterocycles. The summed E-state index contributed by atoms with van der Waals surface area (Å²) in [4.78, 5) is 19.7. The first-order valence-electron chi connectivity index (χ1n) is 8.80. The quantitative estimate of drug-likeness (QED) is 0.694. The predicted molar refractivity (Wildman–Crippen MR) is 104 cm³/mol. The van der Waals surface area contributed by atoms with E-state index in [0.29, 0.717) is 12.1 Å². The number of nitrogens with one attached hydrogen (secondary N) is 1. The zero-order valence-electron chi connectivity index (χ0n) is 15.8. The number of aryl methyl sites for hydroxylation is 2. The molecule has 1 N–H and O–H groups in total. The van der Waals surface area contributed by atoms with Gasteiger partial charge in [0.05, 0.1) is 22.3 Å². The van der Waals surface area contributed by atoms with Crippen molar-refractivity contribution in [3.63, 3.8) is 0 Å². The van der Waals surface area contributed by atoms with Crippen molar-refractivity contribution in [3.8, 4) is 11.3 Å². The number of hydrogen-bond acceptors (Lipinski definition) is 4. The highest BCUT2D eigenvalue weighted by Gasteiger charge is 2.19. The van der Waals surface area contributed by atoms with E-state index in [1.165, 1.54) is 0 Å². The molecule has 6 heteroatoms. The molecule has 1 aromatic carbocycles. The summed E-state index contributed by atoms with van der Waals surface area (Å²) in [6.45, 7) is 3.49. The molecule has 0 aliphatic carbocycles. The van der Waals surface area contributed by atoms with Crippen molar-refractivity contribution < 1.29 is 4.79 Å². The Morgan fingerprint density at radius 2 is 1.96 bits per heavy atom. The highest BCUT2D eigenvalue weighted by atomic mass is 16.1. The molecule has 2 heterocycles. The highest BCUT2D eigenvalue weighted by molar-refractivity contribution is 6.07. The molecule has 0 unspecified atom stereocenters. The summed E-state index contributed by atoms with van der Waals surface area (Å²) in [5, 5.41) is 8.30. The summed E-state index contributed by atoms with van der Waals surface area (Å²) in [6.07, 6.45) is 0.907. The van der Waals surface area contributed by atoms with E-state index in [4.69, 9.17) is 4.98 Å². The Bertz CT molecular complexity index is 915. The van der Waals surface area contributed by atoms with Crippen molar-refractivity contribution in [1.29, 1.82) is 0 Å². The minimum atomic E-state index is -0.0792. The van der Waals surface area contributed by atoms with Gasteiger partial charge >= 0.3 is 0 Å². The Kier molecular flexibility index (Phi) is 5.32. The summed E-state index contributed by atoms with van der Waals surface area (Å²) in [5.41, 5.74) is 3.93. The lowest BCUT2D eigenvalue weighted by Gasteiger charge is -2.11. The van der Waals surface area contributed by atoms with Crippen LogP contribution in [0.3, 0.4) is 0 Å². The van der Waals surface area contributed by atoms with Crippen molar-refractivity contribution in [2.24, 2.45) is 7.05 Å². The molecule has 1 amide bonds. The van der Waals surface area contributed by atoms with Gasteiger partial charge in [-0.25, -0.2) is 4.98 Å². The molecule has 0 atom stereocenters. The smallest absolute Gasteiger partial charge is 0.252 e. The van der Waals surface area contributed by atoms with E-state index in [2.05, 4.69) is 15.3 Å². The maximum absolute atomic E-state index is 12.9. The molecule has 136 valence electrons. The third-order valence-corrected chi connectivity index (χ3v) is 4.35. The molecule has 0 aliphatic rings. The number of pyridine rings is 1. The van der Waals surface area contributed by atoms with Crippen LogP contribution in [0.15, 0.2) is 36.4 Å². The highest BCUT2D eigenvalue weighted by Crippen LogP contribution is 2.26. The summed E-state index contributed by atoms with van der Waals surface area (Å²) in [6, 6.07) is 11.8. The van der Waals surface area contributed by atoms with Crippen LogP contribution in [0.4, 0.5) is 0 Å². The number of benzene rings is 1. The zero-order chi connectivity index (χ0) is 18.7. The largest absolute Gasteiger partial charge is 0.352 e. The van der Waals surface area contributed by atoms with E-state index in [-0.39, 0.29) is 5.91 Å². The number of amides is 1. The predicted octanol–water partition coefficient (Wildman–Crippen LogP) is 2.63. The van der Waals surface area contributed by atoms with Crippen molar-refractivity contribution in [2.45, 2.75) is 13.3 Å². The van der Waals surface area contributed by atoms with Gasteiger partial charge in [-0.2, -0.15) is 5.10 Å². The van der Waals surface area contributed by atoms with Crippen LogP contribution < -0.4 is 5.32 Å². The van der Waals surface area contributed by atoms with Gasteiger partial charge in [0.15, 0.2) is 5.65 Å². The van der Waals surface area contributed by atoms with Gasteiger partial charge in [0.2, 0.25) is 0 Å². The molecule has 0 radical (unpaired) electrons. The van der Waals surface area contributed by atoms with Crippen molar-refractivity contribution in [2.75, 3.05) is 27.2 Å². The number of carbonyl (C=O) groups excluding carboxylic acids is 1. The van der Waals surface area contributed by atoms with Crippen LogP contribution in [0.5, 0.6) is 0 Å². The minimum absolute atomic E-state index is 0.0792. The number of hydrogen-bond donors (Lipinski definition) is 1. The molecule has 3 aromatic rings. The second kappa shape index (κ2) is 7.66. The number of carbonyl (C=O) groups is 1. The van der Waals surface area contributed by atoms with Gasteiger partial charge in [-0.3, -0.25) is 9.48 Å². The van der Waals surface area contributed by atoms with Gasteiger partial charge in [-0.15, -0.1) is 0 Å². The van der Waals surface area contributed by atoms with E-state index in [0.717, 1.165) is 41.0 Å². The molecule has 26 heavy (non-hydrogen) atoms. The first-order chi connectivity index (χ1) is 12.5. The lowest BCUT2D eigenvalue weighted by molar-refractivity contribution is 0.0954. The molecule has 0 saturated carbocycles. The molecule has 0 fully saturated rings. The van der Waals surface area contributed by atoms with E-state index >= 15 is 0 Å². The summed E-state index contributed by atoms with van der Waals surface area (Å²) in [7, 11) is 5.91. The number of aromatic nitrogens is 3. The number of rotatable bonds is 6. The standard InChI is InChI=1S/C20H25N5O/c1-14-18-16(20(26)21-11-8-12-24(2)3)13-17(15-9-6-5-7-10-15)22-19(18)25(4)23-14/h5-7,9-10,13H,8,11-12H2,1-4H3,(H,21,26). The second-order valence-electron chi connectivity index (χ2n) is 6.74. The van der Waals surface area contributed by atoms with Gasteiger partial charge in [0.1, 0.15) is 0 Å². The van der Waals surface area contributed by atoms with Crippen LogP contribution in [0.25, 0.3) is 22.3 Å². The van der Waals surface area contributed by atoms with Gasteiger partial charge in [0.25, 0.3) is 5.91 Å². The van der Waals surface area contributed by atoms with Crippen LogP contribution in [0.2, 0.25) is 0 Å². The summed E-state index contributed by atoms with van der Waals surface area (Å²) in [5.74, 6) is -0.0792. The Labute approximate surface area is 153 Å². The molecule has 0 aliphatic heterocycles. The van der Waals surface area contributed by atoms with Gasteiger partial charge in [-0.1, -0.05) is 30.3 Å². The molecule has 2 aromatic heterocycles. The van der Waals surface area contributed by atoms with Crippen molar-refractivity contribution in [1.82, 2.24) is 25.0 Å². The van der Waals surface area contributed by atoms with Crippen molar-refractivity contribution >= 4 is 16.9 Å². The average molecular weight is 351 g/mol. The Morgan fingerprint density at radius 1 is 1.23 bits per heavy atom. The Balaban J connectivity index is 1.98. The third-order valence-electron chi connectivity index (χ3n) is 4.35. The first kappa shape index (κ1) is 18.1.